The Bertz CT molecular complexity index is 1100. The Balaban J connectivity index is 1.51. The Kier molecular flexibility index (Phi) is 4.23. The molecule has 0 bridgehead atoms. The quantitative estimate of drug-likeness (QED) is 0.728. The van der Waals surface area contributed by atoms with Gasteiger partial charge in [0.25, 0.3) is 5.91 Å². The lowest BCUT2D eigenvalue weighted by Gasteiger charge is -2.16. The second-order valence-electron chi connectivity index (χ2n) is 6.56. The molecule has 0 atom stereocenters. The third-order valence-corrected chi connectivity index (χ3v) is 4.77. The van der Waals surface area contributed by atoms with Gasteiger partial charge in [-0.1, -0.05) is 12.1 Å². The van der Waals surface area contributed by atoms with Crippen molar-refractivity contribution in [3.05, 3.63) is 58.0 Å². The Morgan fingerprint density at radius 1 is 1.33 bits per heavy atom. The summed E-state index contributed by atoms with van der Waals surface area (Å²) in [6.45, 7) is 0.981. The number of H-pyrrole nitrogens is 1. The number of rotatable bonds is 4. The van der Waals surface area contributed by atoms with Crippen LogP contribution >= 0.6 is 0 Å². The van der Waals surface area contributed by atoms with Crippen LogP contribution in [0.5, 0.6) is 0 Å². The number of benzene rings is 1. The molecular weight excluding hydrogens is 346 g/mol. The van der Waals surface area contributed by atoms with Gasteiger partial charge in [0, 0.05) is 38.4 Å². The van der Waals surface area contributed by atoms with Crippen LogP contribution in [0.3, 0.4) is 0 Å². The van der Waals surface area contributed by atoms with E-state index >= 15 is 0 Å². The standard InChI is InChI=1S/C19H19N5O3/c1-23-18-14(11-22-23)17(26)15(10-20-18)19(27)21-9-12-4-2-5-13(8-12)24-7-3-6-16(24)25/h2,4-5,8,10-11H,3,6-7,9H2,1H3,(H,20,26)(H,21,27). The average molecular weight is 365 g/mol. The summed E-state index contributed by atoms with van der Waals surface area (Å²) in [5.41, 5.74) is 1.95. The molecule has 1 aromatic carbocycles. The number of hydrogen-bond donors (Lipinski definition) is 2. The number of aromatic nitrogens is 3. The van der Waals surface area contributed by atoms with E-state index in [1.165, 1.54) is 12.4 Å². The van der Waals surface area contributed by atoms with E-state index in [1.807, 2.05) is 24.3 Å². The Hall–Kier alpha value is -3.42. The topological polar surface area (TPSA) is 100 Å². The number of hydrogen-bond acceptors (Lipinski definition) is 4. The van der Waals surface area contributed by atoms with Crippen molar-refractivity contribution in [2.75, 3.05) is 11.4 Å². The van der Waals surface area contributed by atoms with Crippen LogP contribution < -0.4 is 15.6 Å². The lowest BCUT2D eigenvalue weighted by molar-refractivity contribution is -0.117. The summed E-state index contributed by atoms with van der Waals surface area (Å²) >= 11 is 0. The summed E-state index contributed by atoms with van der Waals surface area (Å²) in [4.78, 5) is 41.5. The second-order valence-corrected chi connectivity index (χ2v) is 6.56. The molecule has 1 aliphatic heterocycles. The molecule has 4 rings (SSSR count). The molecule has 3 aromatic rings. The Morgan fingerprint density at radius 3 is 2.96 bits per heavy atom. The van der Waals surface area contributed by atoms with E-state index in [2.05, 4.69) is 15.4 Å². The molecule has 2 amide bonds. The van der Waals surface area contributed by atoms with Gasteiger partial charge in [-0.05, 0) is 24.1 Å². The van der Waals surface area contributed by atoms with Crippen LogP contribution in [-0.4, -0.2) is 33.1 Å². The van der Waals surface area contributed by atoms with Gasteiger partial charge in [-0.25, -0.2) is 0 Å². The summed E-state index contributed by atoms with van der Waals surface area (Å²) in [6.07, 6.45) is 4.28. The minimum Gasteiger partial charge on any atom is -0.348 e. The number of amides is 2. The van der Waals surface area contributed by atoms with Crippen LogP contribution in [-0.2, 0) is 18.4 Å². The number of anilines is 1. The Morgan fingerprint density at radius 2 is 2.19 bits per heavy atom. The summed E-state index contributed by atoms with van der Waals surface area (Å²) < 4.78 is 1.55. The van der Waals surface area contributed by atoms with Crippen molar-refractivity contribution in [1.82, 2.24) is 20.1 Å². The van der Waals surface area contributed by atoms with Crippen molar-refractivity contribution in [2.24, 2.45) is 7.05 Å². The van der Waals surface area contributed by atoms with Gasteiger partial charge < -0.3 is 15.2 Å². The van der Waals surface area contributed by atoms with Gasteiger partial charge in [-0.3, -0.25) is 19.1 Å². The number of fused-ring (bicyclic) bond motifs is 1. The first kappa shape index (κ1) is 17.0. The fraction of sp³-hybridized carbons (Fsp3) is 0.263. The van der Waals surface area contributed by atoms with Crippen LogP contribution in [0.25, 0.3) is 11.0 Å². The molecule has 1 fully saturated rings. The van der Waals surface area contributed by atoms with Crippen LogP contribution in [0.4, 0.5) is 5.69 Å². The largest absolute Gasteiger partial charge is 0.348 e. The molecule has 1 saturated heterocycles. The number of aryl methyl sites for hydroxylation is 1. The van der Waals surface area contributed by atoms with Crippen molar-refractivity contribution >= 4 is 28.5 Å². The highest BCUT2D eigenvalue weighted by Crippen LogP contribution is 2.22. The van der Waals surface area contributed by atoms with Gasteiger partial charge >= 0.3 is 0 Å². The van der Waals surface area contributed by atoms with Crippen molar-refractivity contribution in [2.45, 2.75) is 19.4 Å². The summed E-state index contributed by atoms with van der Waals surface area (Å²) in [5, 5.41) is 7.17. The van der Waals surface area contributed by atoms with Gasteiger partial charge in [-0.2, -0.15) is 5.10 Å². The zero-order chi connectivity index (χ0) is 19.0. The molecule has 0 unspecified atom stereocenters. The van der Waals surface area contributed by atoms with Gasteiger partial charge in [0.15, 0.2) is 0 Å². The van der Waals surface area contributed by atoms with Crippen LogP contribution in [0.1, 0.15) is 28.8 Å². The minimum atomic E-state index is -0.454. The summed E-state index contributed by atoms with van der Waals surface area (Å²) in [6, 6.07) is 7.50. The first-order chi connectivity index (χ1) is 13.0. The fourth-order valence-corrected chi connectivity index (χ4v) is 3.33. The van der Waals surface area contributed by atoms with Crippen molar-refractivity contribution < 1.29 is 9.59 Å². The monoisotopic (exact) mass is 365 g/mol. The molecule has 8 nitrogen and oxygen atoms in total. The van der Waals surface area contributed by atoms with Crippen LogP contribution in [0.15, 0.2) is 41.5 Å². The van der Waals surface area contributed by atoms with E-state index in [0.717, 1.165) is 24.2 Å². The number of carbonyl (C=O) groups excluding carboxylic acids is 2. The van der Waals surface area contributed by atoms with Crippen LogP contribution in [0, 0.1) is 0 Å². The van der Waals surface area contributed by atoms with Crippen molar-refractivity contribution in [3.8, 4) is 0 Å². The zero-order valence-corrected chi connectivity index (χ0v) is 14.9. The van der Waals surface area contributed by atoms with E-state index in [9.17, 15) is 14.4 Å². The number of pyridine rings is 1. The molecule has 0 radical (unpaired) electrons. The maximum atomic E-state index is 12.5. The maximum Gasteiger partial charge on any atom is 0.257 e. The third kappa shape index (κ3) is 3.10. The normalized spacial score (nSPS) is 14.1. The van der Waals surface area contributed by atoms with Crippen molar-refractivity contribution in [1.29, 1.82) is 0 Å². The number of carbonyl (C=O) groups is 2. The third-order valence-electron chi connectivity index (χ3n) is 4.77. The highest BCUT2D eigenvalue weighted by Gasteiger charge is 2.21. The Labute approximate surface area is 154 Å². The zero-order valence-electron chi connectivity index (χ0n) is 14.9. The first-order valence-electron chi connectivity index (χ1n) is 8.75. The molecule has 8 heteroatoms. The van der Waals surface area contributed by atoms with E-state index in [0.29, 0.717) is 17.5 Å². The fourth-order valence-electron chi connectivity index (χ4n) is 3.33. The first-order valence-corrected chi connectivity index (χ1v) is 8.75. The molecule has 27 heavy (non-hydrogen) atoms. The van der Waals surface area contributed by atoms with Crippen molar-refractivity contribution in [3.63, 3.8) is 0 Å². The SMILES string of the molecule is Cn1ncc2c(=O)c(C(=O)NCc3cccc(N4CCCC4=O)c3)c[nH]c21. The number of nitrogens with zero attached hydrogens (tertiary/aromatic N) is 3. The molecule has 0 spiro atoms. The molecule has 2 N–H and O–H groups in total. The predicted octanol–water partition coefficient (Wildman–Crippen LogP) is 1.32. The van der Waals surface area contributed by atoms with Gasteiger partial charge in [-0.15, -0.1) is 0 Å². The molecule has 1 aliphatic rings. The lowest BCUT2D eigenvalue weighted by Crippen LogP contribution is -2.28. The molecule has 3 heterocycles. The van der Waals surface area contributed by atoms with E-state index in [1.54, 1.807) is 16.6 Å². The number of aromatic amines is 1. The maximum absolute atomic E-state index is 12.5. The van der Waals surface area contributed by atoms with E-state index in [4.69, 9.17) is 0 Å². The van der Waals surface area contributed by atoms with E-state index in [-0.39, 0.29) is 23.4 Å². The number of nitrogens with one attached hydrogen (secondary N) is 2. The molecule has 138 valence electrons. The molecule has 0 saturated carbocycles. The predicted molar refractivity (Wildman–Crippen MR) is 101 cm³/mol. The average Bonchev–Trinajstić information content (AvgIpc) is 3.27. The van der Waals surface area contributed by atoms with Crippen LogP contribution in [0.2, 0.25) is 0 Å². The molecule has 0 aliphatic carbocycles. The van der Waals surface area contributed by atoms with Gasteiger partial charge in [0.1, 0.15) is 11.2 Å². The highest BCUT2D eigenvalue weighted by atomic mass is 16.2. The second kappa shape index (κ2) is 6.71. The minimum absolute atomic E-state index is 0.0429. The lowest BCUT2D eigenvalue weighted by atomic mass is 10.1. The smallest absolute Gasteiger partial charge is 0.257 e. The highest BCUT2D eigenvalue weighted by molar-refractivity contribution is 5.97. The molecule has 2 aromatic heterocycles. The molecular formula is C19H19N5O3. The van der Waals surface area contributed by atoms with Gasteiger partial charge in [0.2, 0.25) is 11.3 Å². The summed E-state index contributed by atoms with van der Waals surface area (Å²) in [7, 11) is 1.72. The summed E-state index contributed by atoms with van der Waals surface area (Å²) in [5.74, 6) is -0.336. The van der Waals surface area contributed by atoms with E-state index < -0.39 is 5.91 Å². The van der Waals surface area contributed by atoms with Gasteiger partial charge in [0.05, 0.1) is 11.6 Å².